The van der Waals surface area contributed by atoms with Crippen molar-refractivity contribution in [1.82, 2.24) is 9.80 Å². The Kier molecular flexibility index (Phi) is 6.13. The quantitative estimate of drug-likeness (QED) is 0.510. The number of thiophene rings is 1. The van der Waals surface area contributed by atoms with Crippen molar-refractivity contribution in [3.05, 3.63) is 87.9 Å². The predicted molar refractivity (Wildman–Crippen MR) is 125 cm³/mol. The van der Waals surface area contributed by atoms with E-state index in [4.69, 9.17) is 4.74 Å². The van der Waals surface area contributed by atoms with Crippen molar-refractivity contribution >= 4 is 23.2 Å². The number of hydrogen-bond donors (Lipinski definition) is 0. The van der Waals surface area contributed by atoms with Gasteiger partial charge in [0.15, 0.2) is 11.6 Å². The number of amides is 2. The summed E-state index contributed by atoms with van der Waals surface area (Å²) in [5, 5.41) is 2.02. The Hall–Kier alpha value is -3.19. The monoisotopic (exact) mass is 464 g/mol. The number of hydrogen-bond acceptors (Lipinski definition) is 4. The zero-order chi connectivity index (χ0) is 22.8. The highest BCUT2D eigenvalue weighted by molar-refractivity contribution is 7.10. The maximum absolute atomic E-state index is 14.1. The fraction of sp³-hybridized carbons (Fsp3) is 0.308. The van der Waals surface area contributed by atoms with Gasteiger partial charge in [-0.25, -0.2) is 4.39 Å². The van der Waals surface area contributed by atoms with Crippen molar-refractivity contribution in [1.29, 1.82) is 0 Å². The first-order chi connectivity index (χ1) is 16.1. The Balaban J connectivity index is 1.35. The second-order valence-electron chi connectivity index (χ2n) is 8.42. The molecule has 170 valence electrons. The molecule has 1 aliphatic heterocycles. The van der Waals surface area contributed by atoms with Crippen LogP contribution < -0.4 is 4.74 Å². The van der Waals surface area contributed by atoms with Gasteiger partial charge in [0.1, 0.15) is 13.2 Å². The summed E-state index contributed by atoms with van der Waals surface area (Å²) in [6.45, 7) is 0.746. The molecule has 0 N–H and O–H groups in total. The molecule has 1 aliphatic carbocycles. The summed E-state index contributed by atoms with van der Waals surface area (Å²) < 4.78 is 19.9. The molecule has 1 aromatic heterocycles. The molecular formula is C26H25FN2O3S. The van der Waals surface area contributed by atoms with Crippen LogP contribution in [-0.2, 0) is 11.2 Å². The van der Waals surface area contributed by atoms with Gasteiger partial charge >= 0.3 is 0 Å². The number of fused-ring (bicyclic) bond motifs is 1. The molecule has 1 atom stereocenters. The summed E-state index contributed by atoms with van der Waals surface area (Å²) in [4.78, 5) is 31.3. The molecule has 2 aliphatic rings. The van der Waals surface area contributed by atoms with Gasteiger partial charge in [0, 0.05) is 23.0 Å². The van der Waals surface area contributed by atoms with Crippen molar-refractivity contribution in [2.75, 3.05) is 19.7 Å². The van der Waals surface area contributed by atoms with Gasteiger partial charge in [0.25, 0.3) is 5.91 Å². The maximum Gasteiger partial charge on any atom is 0.254 e. The highest BCUT2D eigenvalue weighted by Crippen LogP contribution is 2.35. The third kappa shape index (κ3) is 4.64. The molecule has 0 bridgehead atoms. The lowest BCUT2D eigenvalue weighted by molar-refractivity contribution is -0.135. The van der Waals surface area contributed by atoms with E-state index in [0.717, 1.165) is 24.8 Å². The standard InChI is InChI=1S/C26H25FN2O3S/c27-21-8-4-5-9-23(21)32-17-22-20-13-15-33-24(20)12-14-28(22)25(30)16-29(19-10-11-19)26(31)18-6-2-1-3-7-18/h1-9,13,15,19,22H,10-12,14,16-17H2. The lowest BCUT2D eigenvalue weighted by Crippen LogP contribution is -2.48. The average molecular weight is 465 g/mol. The molecule has 2 aromatic carbocycles. The second-order valence-corrected chi connectivity index (χ2v) is 9.42. The summed E-state index contributed by atoms with van der Waals surface area (Å²) in [5.74, 6) is -0.472. The van der Waals surface area contributed by atoms with Crippen LogP contribution in [0.25, 0.3) is 0 Å². The molecule has 0 saturated heterocycles. The highest BCUT2D eigenvalue weighted by Gasteiger charge is 2.38. The first-order valence-corrected chi connectivity index (χ1v) is 12.1. The van der Waals surface area contributed by atoms with Crippen molar-refractivity contribution < 1.29 is 18.7 Å². The van der Waals surface area contributed by atoms with Crippen LogP contribution in [-0.4, -0.2) is 47.4 Å². The number of carbonyl (C=O) groups is 2. The molecule has 3 aromatic rings. The van der Waals surface area contributed by atoms with Gasteiger partial charge < -0.3 is 14.5 Å². The summed E-state index contributed by atoms with van der Waals surface area (Å²) in [5.41, 5.74) is 1.64. The van der Waals surface area contributed by atoms with E-state index in [9.17, 15) is 14.0 Å². The Labute approximate surface area is 196 Å². The zero-order valence-electron chi connectivity index (χ0n) is 18.2. The number of carbonyl (C=O) groups excluding carboxylic acids is 2. The lowest BCUT2D eigenvalue weighted by atomic mass is 10.0. The van der Waals surface area contributed by atoms with Gasteiger partial charge in [0.05, 0.1) is 6.04 Å². The second kappa shape index (κ2) is 9.35. The third-order valence-electron chi connectivity index (χ3n) is 6.22. The van der Waals surface area contributed by atoms with E-state index in [0.29, 0.717) is 12.1 Å². The van der Waals surface area contributed by atoms with Crippen molar-refractivity contribution in [3.8, 4) is 5.75 Å². The van der Waals surface area contributed by atoms with Gasteiger partial charge in [-0.05, 0) is 60.5 Å². The minimum atomic E-state index is -0.426. The van der Waals surface area contributed by atoms with Crippen LogP contribution >= 0.6 is 11.3 Å². The largest absolute Gasteiger partial charge is 0.488 e. The Bertz CT molecular complexity index is 1150. The van der Waals surface area contributed by atoms with Gasteiger partial charge in [-0.2, -0.15) is 0 Å². The van der Waals surface area contributed by atoms with E-state index in [1.807, 2.05) is 29.6 Å². The molecule has 0 spiro atoms. The molecule has 2 amide bonds. The van der Waals surface area contributed by atoms with Crippen molar-refractivity contribution in [3.63, 3.8) is 0 Å². The number of para-hydroxylation sites is 1. The van der Waals surface area contributed by atoms with Crippen LogP contribution in [0.3, 0.4) is 0 Å². The van der Waals surface area contributed by atoms with Crippen LogP contribution in [0.1, 0.15) is 39.7 Å². The molecule has 2 heterocycles. The van der Waals surface area contributed by atoms with E-state index >= 15 is 0 Å². The van der Waals surface area contributed by atoms with Crippen LogP contribution in [0.15, 0.2) is 66.0 Å². The number of halogens is 1. The fourth-order valence-electron chi connectivity index (χ4n) is 4.34. The number of ether oxygens (including phenoxy) is 1. The van der Waals surface area contributed by atoms with E-state index in [1.54, 1.807) is 51.5 Å². The SMILES string of the molecule is O=C(c1ccccc1)N(CC(=O)N1CCc2sccc2C1COc1ccccc1F)C1CC1. The first-order valence-electron chi connectivity index (χ1n) is 11.2. The summed E-state index contributed by atoms with van der Waals surface area (Å²) in [7, 11) is 0. The fourth-order valence-corrected chi connectivity index (χ4v) is 5.27. The topological polar surface area (TPSA) is 49.9 Å². The summed E-state index contributed by atoms with van der Waals surface area (Å²) >= 11 is 1.67. The van der Waals surface area contributed by atoms with Crippen LogP contribution in [0.4, 0.5) is 4.39 Å². The molecule has 0 radical (unpaired) electrons. The van der Waals surface area contributed by atoms with E-state index < -0.39 is 5.82 Å². The average Bonchev–Trinajstić information content (AvgIpc) is 3.57. The zero-order valence-corrected chi connectivity index (χ0v) is 19.0. The summed E-state index contributed by atoms with van der Waals surface area (Å²) in [6, 6.07) is 17.2. The van der Waals surface area contributed by atoms with E-state index in [1.165, 1.54) is 10.9 Å². The van der Waals surface area contributed by atoms with Gasteiger partial charge in [0.2, 0.25) is 5.91 Å². The highest BCUT2D eigenvalue weighted by atomic mass is 32.1. The molecule has 7 heteroatoms. The Morgan fingerprint density at radius 1 is 1.06 bits per heavy atom. The molecule has 1 fully saturated rings. The lowest BCUT2D eigenvalue weighted by Gasteiger charge is -2.37. The van der Waals surface area contributed by atoms with E-state index in [2.05, 4.69) is 0 Å². The Morgan fingerprint density at radius 3 is 2.58 bits per heavy atom. The smallest absolute Gasteiger partial charge is 0.254 e. The molecule has 1 saturated carbocycles. The van der Waals surface area contributed by atoms with Gasteiger partial charge in [-0.3, -0.25) is 9.59 Å². The molecule has 1 unspecified atom stereocenters. The predicted octanol–water partition coefficient (Wildman–Crippen LogP) is 4.70. The molecule has 5 rings (SSSR count). The van der Waals surface area contributed by atoms with E-state index in [-0.39, 0.29) is 42.8 Å². The van der Waals surface area contributed by atoms with Crippen LogP contribution in [0.5, 0.6) is 5.75 Å². The molecular weight excluding hydrogens is 439 g/mol. The number of benzene rings is 2. The minimum Gasteiger partial charge on any atom is -0.488 e. The molecule has 33 heavy (non-hydrogen) atoms. The van der Waals surface area contributed by atoms with Gasteiger partial charge in [-0.1, -0.05) is 30.3 Å². The first kappa shape index (κ1) is 21.6. The summed E-state index contributed by atoms with van der Waals surface area (Å²) in [6.07, 6.45) is 2.60. The number of rotatable bonds is 7. The van der Waals surface area contributed by atoms with Crippen molar-refractivity contribution in [2.45, 2.75) is 31.3 Å². The van der Waals surface area contributed by atoms with Gasteiger partial charge in [-0.15, -0.1) is 11.3 Å². The van der Waals surface area contributed by atoms with Crippen LogP contribution in [0, 0.1) is 5.82 Å². The normalized spacial score (nSPS) is 17.4. The minimum absolute atomic E-state index is 0.0358. The molecule has 5 nitrogen and oxygen atoms in total. The van der Waals surface area contributed by atoms with Crippen LogP contribution in [0.2, 0.25) is 0 Å². The Morgan fingerprint density at radius 2 is 1.82 bits per heavy atom. The third-order valence-corrected chi connectivity index (χ3v) is 7.22. The van der Waals surface area contributed by atoms with Crippen molar-refractivity contribution in [2.24, 2.45) is 0 Å². The maximum atomic E-state index is 14.1. The number of nitrogens with zero attached hydrogens (tertiary/aromatic N) is 2.